The maximum atomic E-state index is 6.29. The third-order valence-electron chi connectivity index (χ3n) is 3.45. The molecule has 1 heterocycles. The second-order valence-electron chi connectivity index (χ2n) is 5.74. The minimum Gasteiger partial charge on any atom is -0.324 e. The van der Waals surface area contributed by atoms with Gasteiger partial charge in [-0.3, -0.25) is 4.90 Å². The molecule has 84 valence electrons. The van der Waals surface area contributed by atoms with E-state index in [2.05, 4.69) is 32.6 Å². The fourth-order valence-electron chi connectivity index (χ4n) is 2.54. The predicted molar refractivity (Wildman–Crippen MR) is 62.4 cm³/mol. The Labute approximate surface area is 88.8 Å². The minimum atomic E-state index is -0.00361. The van der Waals surface area contributed by atoms with Gasteiger partial charge in [0.1, 0.15) is 0 Å². The first-order valence-electron chi connectivity index (χ1n) is 5.91. The van der Waals surface area contributed by atoms with E-state index in [1.807, 2.05) is 0 Å². The van der Waals surface area contributed by atoms with E-state index in [1.165, 1.54) is 25.8 Å². The Kier molecular flexibility index (Phi) is 3.59. The normalized spacial score (nSPS) is 26.4. The lowest BCUT2D eigenvalue weighted by molar-refractivity contribution is 0.136. The van der Waals surface area contributed by atoms with Crippen molar-refractivity contribution in [2.75, 3.05) is 13.1 Å². The summed E-state index contributed by atoms with van der Waals surface area (Å²) in [5.41, 5.74) is 6.65. The largest absolute Gasteiger partial charge is 0.324 e. The van der Waals surface area contributed by atoms with Crippen molar-refractivity contribution in [2.45, 2.75) is 64.5 Å². The van der Waals surface area contributed by atoms with Crippen LogP contribution >= 0.6 is 0 Å². The maximum Gasteiger partial charge on any atom is 0.0254 e. The Morgan fingerprint density at radius 1 is 1.43 bits per heavy atom. The molecule has 1 aliphatic heterocycles. The molecule has 0 aromatic rings. The van der Waals surface area contributed by atoms with Crippen LogP contribution in [0.15, 0.2) is 0 Å². The summed E-state index contributed by atoms with van der Waals surface area (Å²) in [6.07, 6.45) is 4.95. The molecule has 0 aromatic heterocycles. The Hall–Kier alpha value is -0.0800. The van der Waals surface area contributed by atoms with Gasteiger partial charge in [-0.25, -0.2) is 0 Å². The number of likely N-dealkylation sites (tertiary alicyclic amines) is 1. The Morgan fingerprint density at radius 3 is 2.50 bits per heavy atom. The van der Waals surface area contributed by atoms with Gasteiger partial charge in [-0.2, -0.15) is 0 Å². The highest BCUT2D eigenvalue weighted by molar-refractivity contribution is 4.93. The molecular formula is C12H26N2. The van der Waals surface area contributed by atoms with Gasteiger partial charge in [0, 0.05) is 17.6 Å². The lowest BCUT2D eigenvalue weighted by Gasteiger charge is -2.38. The lowest BCUT2D eigenvalue weighted by Crippen LogP contribution is -2.52. The molecular weight excluding hydrogens is 172 g/mol. The van der Waals surface area contributed by atoms with Crippen LogP contribution in [-0.2, 0) is 0 Å². The first kappa shape index (κ1) is 12.0. The molecule has 2 heteroatoms. The highest BCUT2D eigenvalue weighted by Gasteiger charge is 2.35. The van der Waals surface area contributed by atoms with Gasteiger partial charge in [0.05, 0.1) is 0 Å². The summed E-state index contributed by atoms with van der Waals surface area (Å²) >= 11 is 0. The van der Waals surface area contributed by atoms with E-state index in [4.69, 9.17) is 5.73 Å². The van der Waals surface area contributed by atoms with Gasteiger partial charge in [-0.1, -0.05) is 13.3 Å². The summed E-state index contributed by atoms with van der Waals surface area (Å²) in [7, 11) is 0. The van der Waals surface area contributed by atoms with Crippen molar-refractivity contribution < 1.29 is 0 Å². The van der Waals surface area contributed by atoms with Gasteiger partial charge < -0.3 is 5.73 Å². The molecule has 0 spiro atoms. The molecule has 2 nitrogen and oxygen atoms in total. The van der Waals surface area contributed by atoms with E-state index < -0.39 is 0 Å². The first-order chi connectivity index (χ1) is 6.37. The third-order valence-corrected chi connectivity index (χ3v) is 3.45. The molecule has 0 radical (unpaired) electrons. The van der Waals surface area contributed by atoms with E-state index in [9.17, 15) is 0 Å². The van der Waals surface area contributed by atoms with Crippen molar-refractivity contribution in [3.8, 4) is 0 Å². The van der Waals surface area contributed by atoms with E-state index >= 15 is 0 Å². The number of hydrogen-bond donors (Lipinski definition) is 1. The fraction of sp³-hybridized carbons (Fsp3) is 1.00. The number of nitrogens with zero attached hydrogens (tertiary/aromatic N) is 1. The predicted octanol–water partition coefficient (Wildman–Crippen LogP) is 2.38. The van der Waals surface area contributed by atoms with Crippen LogP contribution in [0.4, 0.5) is 0 Å². The van der Waals surface area contributed by atoms with Crippen LogP contribution in [0.25, 0.3) is 0 Å². The fourth-order valence-corrected chi connectivity index (χ4v) is 2.54. The summed E-state index contributed by atoms with van der Waals surface area (Å²) in [4.78, 5) is 2.56. The minimum absolute atomic E-state index is 0.00361. The third kappa shape index (κ3) is 2.96. The average molecular weight is 198 g/mol. The molecule has 1 rings (SSSR count). The first-order valence-corrected chi connectivity index (χ1v) is 5.91. The molecule has 1 unspecified atom stereocenters. The molecule has 14 heavy (non-hydrogen) atoms. The Balaban J connectivity index is 2.51. The zero-order chi connectivity index (χ0) is 10.8. The van der Waals surface area contributed by atoms with Crippen molar-refractivity contribution in [3.05, 3.63) is 0 Å². The quantitative estimate of drug-likeness (QED) is 0.751. The van der Waals surface area contributed by atoms with Crippen LogP contribution < -0.4 is 5.73 Å². The number of rotatable bonds is 4. The molecule has 0 aromatic carbocycles. The van der Waals surface area contributed by atoms with Gasteiger partial charge in [0.15, 0.2) is 0 Å². The second-order valence-corrected chi connectivity index (χ2v) is 5.74. The molecule has 0 bridgehead atoms. The molecule has 0 amide bonds. The Bertz CT molecular complexity index is 185. The van der Waals surface area contributed by atoms with E-state index in [0.717, 1.165) is 13.0 Å². The molecule has 1 fully saturated rings. The van der Waals surface area contributed by atoms with Crippen molar-refractivity contribution in [1.82, 2.24) is 4.90 Å². The molecule has 1 aliphatic rings. The molecule has 0 saturated carbocycles. The summed E-state index contributed by atoms with van der Waals surface area (Å²) in [5.74, 6) is 0. The van der Waals surface area contributed by atoms with Gasteiger partial charge >= 0.3 is 0 Å². The molecule has 0 aliphatic carbocycles. The average Bonchev–Trinajstić information content (AvgIpc) is 2.29. The highest BCUT2D eigenvalue weighted by atomic mass is 15.2. The number of hydrogen-bond acceptors (Lipinski definition) is 2. The summed E-state index contributed by atoms with van der Waals surface area (Å²) in [6.45, 7) is 11.3. The summed E-state index contributed by atoms with van der Waals surface area (Å²) in [5, 5.41) is 0. The van der Waals surface area contributed by atoms with Gasteiger partial charge in [0.25, 0.3) is 0 Å². The van der Waals surface area contributed by atoms with E-state index in [1.54, 1.807) is 0 Å². The number of nitrogens with two attached hydrogens (primary N) is 1. The van der Waals surface area contributed by atoms with Crippen molar-refractivity contribution >= 4 is 0 Å². The molecule has 2 N–H and O–H groups in total. The van der Waals surface area contributed by atoms with Crippen LogP contribution in [-0.4, -0.2) is 29.1 Å². The van der Waals surface area contributed by atoms with Crippen molar-refractivity contribution in [2.24, 2.45) is 5.73 Å². The Morgan fingerprint density at radius 2 is 2.07 bits per heavy atom. The second kappa shape index (κ2) is 4.19. The zero-order valence-corrected chi connectivity index (χ0v) is 10.3. The van der Waals surface area contributed by atoms with Gasteiger partial charge in [-0.15, -0.1) is 0 Å². The molecule has 1 saturated heterocycles. The zero-order valence-electron chi connectivity index (χ0n) is 10.3. The lowest BCUT2D eigenvalue weighted by atomic mass is 9.94. The smallest absolute Gasteiger partial charge is 0.0254 e. The summed E-state index contributed by atoms with van der Waals surface area (Å²) < 4.78 is 0. The standard InChI is InChI=1S/C12H26N2/c1-5-7-12(4,13)10-14-9-6-8-11(14,2)3/h5-10,13H2,1-4H3. The topological polar surface area (TPSA) is 29.3 Å². The van der Waals surface area contributed by atoms with Crippen LogP contribution in [0.2, 0.25) is 0 Å². The highest BCUT2D eigenvalue weighted by Crippen LogP contribution is 2.29. The SMILES string of the molecule is CCCC(C)(N)CN1CCCC1(C)C. The maximum absolute atomic E-state index is 6.29. The van der Waals surface area contributed by atoms with Crippen LogP contribution in [0, 0.1) is 0 Å². The molecule has 1 atom stereocenters. The van der Waals surface area contributed by atoms with Crippen molar-refractivity contribution in [1.29, 1.82) is 0 Å². The summed E-state index contributed by atoms with van der Waals surface area (Å²) in [6, 6.07) is 0. The van der Waals surface area contributed by atoms with Crippen LogP contribution in [0.5, 0.6) is 0 Å². The van der Waals surface area contributed by atoms with Gasteiger partial charge in [0.2, 0.25) is 0 Å². The van der Waals surface area contributed by atoms with Crippen molar-refractivity contribution in [3.63, 3.8) is 0 Å². The van der Waals surface area contributed by atoms with Gasteiger partial charge in [-0.05, 0) is 46.6 Å². The van der Waals surface area contributed by atoms with E-state index in [0.29, 0.717) is 5.54 Å². The van der Waals surface area contributed by atoms with Crippen LogP contribution in [0.1, 0.15) is 53.4 Å². The van der Waals surface area contributed by atoms with E-state index in [-0.39, 0.29) is 5.54 Å². The monoisotopic (exact) mass is 198 g/mol. The van der Waals surface area contributed by atoms with Crippen LogP contribution in [0.3, 0.4) is 0 Å².